The lowest BCUT2D eigenvalue weighted by Crippen LogP contribution is -2.43. The second kappa shape index (κ2) is 5.88. The van der Waals surface area contributed by atoms with Crippen molar-refractivity contribution in [3.05, 3.63) is 24.2 Å². The van der Waals surface area contributed by atoms with E-state index < -0.39 is 0 Å². The first kappa shape index (κ1) is 14.1. The lowest BCUT2D eigenvalue weighted by atomic mass is 9.71. The Labute approximate surface area is 121 Å². The molecule has 0 bridgehead atoms. The number of rotatable bonds is 4. The predicted octanol–water partition coefficient (Wildman–Crippen LogP) is 2.07. The maximum atomic E-state index is 5.50. The fourth-order valence-electron chi connectivity index (χ4n) is 3.95. The molecule has 0 radical (unpaired) electrons. The third-order valence-corrected chi connectivity index (χ3v) is 5.19. The van der Waals surface area contributed by atoms with Crippen LogP contribution in [0.4, 0.5) is 0 Å². The molecule has 3 heterocycles. The highest BCUT2D eigenvalue weighted by atomic mass is 16.5. The van der Waals surface area contributed by atoms with Crippen LogP contribution in [0.25, 0.3) is 0 Å². The SMILES string of the molecule is COCC1CN(Cc2ccco2)CC12CCN(C)CC2. The van der Waals surface area contributed by atoms with Crippen LogP contribution in [-0.4, -0.2) is 56.7 Å². The van der Waals surface area contributed by atoms with Gasteiger partial charge in [0, 0.05) is 26.1 Å². The number of ether oxygens (including phenoxy) is 1. The molecule has 1 atom stereocenters. The van der Waals surface area contributed by atoms with Crippen LogP contribution >= 0.6 is 0 Å². The third kappa shape index (κ3) is 2.78. The molecule has 4 heteroatoms. The van der Waals surface area contributed by atoms with E-state index in [-0.39, 0.29) is 0 Å². The summed E-state index contributed by atoms with van der Waals surface area (Å²) in [5.41, 5.74) is 0.453. The molecule has 2 fully saturated rings. The second-order valence-corrected chi connectivity index (χ2v) is 6.57. The Kier molecular flexibility index (Phi) is 4.15. The van der Waals surface area contributed by atoms with Gasteiger partial charge in [0.15, 0.2) is 0 Å². The average molecular weight is 278 g/mol. The molecule has 20 heavy (non-hydrogen) atoms. The molecule has 2 aliphatic rings. The van der Waals surface area contributed by atoms with Crippen molar-refractivity contribution in [2.24, 2.45) is 11.3 Å². The number of furan rings is 1. The second-order valence-electron chi connectivity index (χ2n) is 6.57. The van der Waals surface area contributed by atoms with E-state index in [1.807, 2.05) is 13.2 Å². The smallest absolute Gasteiger partial charge is 0.117 e. The molecule has 0 aromatic carbocycles. The Morgan fingerprint density at radius 2 is 2.20 bits per heavy atom. The maximum absolute atomic E-state index is 5.50. The Balaban J connectivity index is 1.68. The molecule has 0 amide bonds. The summed E-state index contributed by atoms with van der Waals surface area (Å²) in [6.45, 7) is 6.58. The molecule has 112 valence electrons. The molecule has 1 spiro atoms. The molecule has 0 N–H and O–H groups in total. The van der Waals surface area contributed by atoms with Crippen LogP contribution in [0.1, 0.15) is 18.6 Å². The van der Waals surface area contributed by atoms with E-state index in [4.69, 9.17) is 9.15 Å². The van der Waals surface area contributed by atoms with E-state index in [0.717, 1.165) is 25.5 Å². The maximum Gasteiger partial charge on any atom is 0.117 e. The van der Waals surface area contributed by atoms with Crippen molar-refractivity contribution >= 4 is 0 Å². The van der Waals surface area contributed by atoms with Gasteiger partial charge in [0.1, 0.15) is 5.76 Å². The van der Waals surface area contributed by atoms with Crippen LogP contribution in [0.3, 0.4) is 0 Å². The van der Waals surface area contributed by atoms with E-state index in [1.165, 1.54) is 32.5 Å². The number of piperidine rings is 1. The van der Waals surface area contributed by atoms with E-state index >= 15 is 0 Å². The summed E-state index contributed by atoms with van der Waals surface area (Å²) in [5.74, 6) is 1.74. The number of hydrogen-bond acceptors (Lipinski definition) is 4. The van der Waals surface area contributed by atoms with E-state index in [0.29, 0.717) is 11.3 Å². The Hall–Kier alpha value is -0.840. The van der Waals surface area contributed by atoms with Crippen LogP contribution in [0.15, 0.2) is 22.8 Å². The minimum absolute atomic E-state index is 0.453. The molecule has 0 saturated carbocycles. The lowest BCUT2D eigenvalue weighted by molar-refractivity contribution is 0.0447. The molecule has 1 aromatic heterocycles. The van der Waals surface area contributed by atoms with Crippen LogP contribution < -0.4 is 0 Å². The molecule has 1 unspecified atom stereocenters. The summed E-state index contributed by atoms with van der Waals surface area (Å²) in [4.78, 5) is 5.00. The van der Waals surface area contributed by atoms with Crippen molar-refractivity contribution in [1.82, 2.24) is 9.80 Å². The van der Waals surface area contributed by atoms with Crippen molar-refractivity contribution in [3.63, 3.8) is 0 Å². The molecule has 0 aliphatic carbocycles. The summed E-state index contributed by atoms with van der Waals surface area (Å²) < 4.78 is 11.0. The van der Waals surface area contributed by atoms with Crippen LogP contribution in [0.5, 0.6) is 0 Å². The minimum atomic E-state index is 0.453. The van der Waals surface area contributed by atoms with Gasteiger partial charge in [-0.15, -0.1) is 0 Å². The predicted molar refractivity (Wildman–Crippen MR) is 78.5 cm³/mol. The van der Waals surface area contributed by atoms with Gasteiger partial charge in [0.2, 0.25) is 0 Å². The van der Waals surface area contributed by atoms with Crippen LogP contribution in [0, 0.1) is 11.3 Å². The number of likely N-dealkylation sites (tertiary alicyclic amines) is 2. The number of methoxy groups -OCH3 is 1. The minimum Gasteiger partial charge on any atom is -0.468 e. The van der Waals surface area contributed by atoms with Gasteiger partial charge < -0.3 is 14.1 Å². The van der Waals surface area contributed by atoms with Gasteiger partial charge in [-0.05, 0) is 50.5 Å². The summed E-state index contributed by atoms with van der Waals surface area (Å²) >= 11 is 0. The van der Waals surface area contributed by atoms with Crippen molar-refractivity contribution in [3.8, 4) is 0 Å². The molecule has 1 aromatic rings. The molecular formula is C16H26N2O2. The highest BCUT2D eigenvalue weighted by molar-refractivity contribution is 5.03. The summed E-state index contributed by atoms with van der Waals surface area (Å²) in [7, 11) is 4.06. The zero-order chi connectivity index (χ0) is 14.0. The average Bonchev–Trinajstić information content (AvgIpc) is 3.04. The fourth-order valence-corrected chi connectivity index (χ4v) is 3.95. The third-order valence-electron chi connectivity index (χ3n) is 5.19. The Bertz CT molecular complexity index is 410. The van der Waals surface area contributed by atoms with E-state index in [2.05, 4.69) is 22.9 Å². The van der Waals surface area contributed by atoms with Crippen molar-refractivity contribution in [1.29, 1.82) is 0 Å². The zero-order valence-corrected chi connectivity index (χ0v) is 12.7. The first-order chi connectivity index (χ1) is 9.72. The van der Waals surface area contributed by atoms with Crippen LogP contribution in [0.2, 0.25) is 0 Å². The van der Waals surface area contributed by atoms with Crippen molar-refractivity contribution in [2.75, 3.05) is 46.9 Å². The van der Waals surface area contributed by atoms with Gasteiger partial charge >= 0.3 is 0 Å². The first-order valence-electron chi connectivity index (χ1n) is 7.64. The Morgan fingerprint density at radius 1 is 1.40 bits per heavy atom. The van der Waals surface area contributed by atoms with Crippen molar-refractivity contribution in [2.45, 2.75) is 19.4 Å². The normalized spacial score (nSPS) is 27.4. The topological polar surface area (TPSA) is 28.9 Å². The standard InChI is InChI=1S/C16H26N2O2/c1-17-7-5-16(6-8-17)13-18(10-14(16)12-19-2)11-15-4-3-9-20-15/h3-4,9,14H,5-8,10-13H2,1-2H3. The lowest BCUT2D eigenvalue weighted by Gasteiger charge is -2.41. The van der Waals surface area contributed by atoms with Crippen molar-refractivity contribution < 1.29 is 9.15 Å². The summed E-state index contributed by atoms with van der Waals surface area (Å²) in [5, 5.41) is 0. The molecule has 2 aliphatic heterocycles. The summed E-state index contributed by atoms with van der Waals surface area (Å²) in [6.07, 6.45) is 4.36. The van der Waals surface area contributed by atoms with Gasteiger partial charge in [-0.25, -0.2) is 0 Å². The summed E-state index contributed by atoms with van der Waals surface area (Å²) in [6, 6.07) is 4.05. The number of nitrogens with zero attached hydrogens (tertiary/aromatic N) is 2. The number of hydrogen-bond donors (Lipinski definition) is 0. The van der Waals surface area contributed by atoms with Gasteiger partial charge in [-0.2, -0.15) is 0 Å². The molecular weight excluding hydrogens is 252 g/mol. The Morgan fingerprint density at radius 3 is 2.85 bits per heavy atom. The highest BCUT2D eigenvalue weighted by Gasteiger charge is 2.47. The van der Waals surface area contributed by atoms with Gasteiger partial charge in [-0.3, -0.25) is 4.90 Å². The van der Waals surface area contributed by atoms with E-state index in [9.17, 15) is 0 Å². The molecule has 3 rings (SSSR count). The zero-order valence-electron chi connectivity index (χ0n) is 12.7. The van der Waals surface area contributed by atoms with Crippen LogP contribution in [-0.2, 0) is 11.3 Å². The monoisotopic (exact) mass is 278 g/mol. The first-order valence-corrected chi connectivity index (χ1v) is 7.64. The van der Waals surface area contributed by atoms with Gasteiger partial charge in [0.25, 0.3) is 0 Å². The van der Waals surface area contributed by atoms with Gasteiger partial charge in [0.05, 0.1) is 19.4 Å². The fraction of sp³-hybridized carbons (Fsp3) is 0.750. The molecule has 4 nitrogen and oxygen atoms in total. The van der Waals surface area contributed by atoms with E-state index in [1.54, 1.807) is 6.26 Å². The highest BCUT2D eigenvalue weighted by Crippen LogP contribution is 2.44. The molecule has 2 saturated heterocycles. The largest absolute Gasteiger partial charge is 0.468 e. The van der Waals surface area contributed by atoms with Gasteiger partial charge in [-0.1, -0.05) is 0 Å². The quantitative estimate of drug-likeness (QED) is 0.843.